The number of rotatable bonds is 5. The molecule has 1 N–H and O–H groups in total. The lowest BCUT2D eigenvalue weighted by Gasteiger charge is -2.25. The van der Waals surface area contributed by atoms with E-state index in [2.05, 4.69) is 14.9 Å². The number of nitrogens with zero attached hydrogens (tertiary/aromatic N) is 3. The molecule has 2 amide bonds. The zero-order valence-electron chi connectivity index (χ0n) is 12.0. The van der Waals surface area contributed by atoms with Gasteiger partial charge in [0.25, 0.3) is 5.91 Å². The van der Waals surface area contributed by atoms with Crippen molar-refractivity contribution < 1.29 is 9.59 Å². The molecule has 0 aromatic carbocycles. The lowest BCUT2D eigenvalue weighted by atomic mass is 9.95. The average Bonchev–Trinajstić information content (AvgIpc) is 3.18. The van der Waals surface area contributed by atoms with Crippen molar-refractivity contribution in [2.45, 2.75) is 57.0 Å². The zero-order valence-corrected chi connectivity index (χ0v) is 12.8. The zero-order chi connectivity index (χ0) is 14.7. The highest BCUT2D eigenvalue weighted by molar-refractivity contribution is 7.03. The van der Waals surface area contributed by atoms with Crippen LogP contribution in [0, 0.1) is 0 Å². The van der Waals surface area contributed by atoms with Crippen molar-refractivity contribution in [1.29, 1.82) is 0 Å². The van der Waals surface area contributed by atoms with Gasteiger partial charge in [0.1, 0.15) is 6.54 Å². The maximum Gasteiger partial charge on any atom is 0.276 e. The molecule has 0 radical (unpaired) electrons. The van der Waals surface area contributed by atoms with Crippen LogP contribution < -0.4 is 5.32 Å². The molecule has 0 aliphatic heterocycles. The Morgan fingerprint density at radius 2 is 2.00 bits per heavy atom. The molecule has 2 aliphatic carbocycles. The standard InChI is InChI=1S/C14H20N4O2S/c19-13(15-10-4-2-1-3-5-10)8-18(11-6-7-11)14(20)12-9-21-17-16-12/h9-11H,1-8H2,(H,15,19). The lowest BCUT2D eigenvalue weighted by Crippen LogP contribution is -2.45. The van der Waals surface area contributed by atoms with Crippen LogP contribution in [0.4, 0.5) is 0 Å². The van der Waals surface area contributed by atoms with Crippen LogP contribution in [0.3, 0.4) is 0 Å². The number of hydrogen-bond donors (Lipinski definition) is 1. The first-order valence-corrected chi connectivity index (χ1v) is 8.45. The molecule has 1 aromatic heterocycles. The van der Waals surface area contributed by atoms with Crippen molar-refractivity contribution in [2.75, 3.05) is 6.54 Å². The monoisotopic (exact) mass is 308 g/mol. The molecule has 2 saturated carbocycles. The van der Waals surface area contributed by atoms with Gasteiger partial charge in [-0.1, -0.05) is 23.8 Å². The molecule has 0 unspecified atom stereocenters. The molecule has 0 bridgehead atoms. The number of carbonyl (C=O) groups excluding carboxylic acids is 2. The van der Waals surface area contributed by atoms with E-state index in [-0.39, 0.29) is 30.4 Å². The highest BCUT2D eigenvalue weighted by Gasteiger charge is 2.35. The van der Waals surface area contributed by atoms with Crippen LogP contribution in [0.15, 0.2) is 5.38 Å². The molecular weight excluding hydrogens is 288 g/mol. The van der Waals surface area contributed by atoms with E-state index in [1.54, 1.807) is 10.3 Å². The molecule has 6 nitrogen and oxygen atoms in total. The van der Waals surface area contributed by atoms with Gasteiger partial charge in [0.2, 0.25) is 5.91 Å². The predicted molar refractivity (Wildman–Crippen MR) is 79.0 cm³/mol. The topological polar surface area (TPSA) is 75.2 Å². The normalized spacial score (nSPS) is 19.2. The fraction of sp³-hybridized carbons (Fsp3) is 0.714. The van der Waals surface area contributed by atoms with Crippen LogP contribution in [-0.4, -0.2) is 44.9 Å². The number of nitrogens with one attached hydrogen (secondary N) is 1. The Morgan fingerprint density at radius 3 is 2.62 bits per heavy atom. The van der Waals surface area contributed by atoms with E-state index in [0.29, 0.717) is 5.69 Å². The SMILES string of the molecule is O=C(CN(C(=O)c1csnn1)C1CC1)NC1CCCCC1. The van der Waals surface area contributed by atoms with Crippen molar-refractivity contribution in [3.05, 3.63) is 11.1 Å². The van der Waals surface area contributed by atoms with E-state index in [1.807, 2.05) is 0 Å². The summed E-state index contributed by atoms with van der Waals surface area (Å²) < 4.78 is 3.72. The van der Waals surface area contributed by atoms with Gasteiger partial charge in [-0.05, 0) is 37.2 Å². The molecule has 1 aromatic rings. The van der Waals surface area contributed by atoms with E-state index < -0.39 is 0 Å². The minimum absolute atomic E-state index is 0.0506. The molecule has 3 rings (SSSR count). The van der Waals surface area contributed by atoms with Gasteiger partial charge in [0.15, 0.2) is 5.69 Å². The van der Waals surface area contributed by atoms with Crippen molar-refractivity contribution in [3.8, 4) is 0 Å². The van der Waals surface area contributed by atoms with Gasteiger partial charge in [0.05, 0.1) is 0 Å². The molecule has 7 heteroatoms. The van der Waals surface area contributed by atoms with Crippen LogP contribution in [0.25, 0.3) is 0 Å². The molecular formula is C14H20N4O2S. The van der Waals surface area contributed by atoms with E-state index in [4.69, 9.17) is 0 Å². The van der Waals surface area contributed by atoms with Gasteiger partial charge in [-0.15, -0.1) is 5.10 Å². The van der Waals surface area contributed by atoms with Crippen molar-refractivity contribution in [1.82, 2.24) is 19.8 Å². The average molecular weight is 308 g/mol. The lowest BCUT2D eigenvalue weighted by molar-refractivity contribution is -0.122. The molecule has 114 valence electrons. The van der Waals surface area contributed by atoms with E-state index in [0.717, 1.165) is 37.2 Å². The number of carbonyl (C=O) groups is 2. The molecule has 21 heavy (non-hydrogen) atoms. The summed E-state index contributed by atoms with van der Waals surface area (Å²) in [6, 6.07) is 0.472. The van der Waals surface area contributed by atoms with E-state index in [1.165, 1.54) is 19.3 Å². The first kappa shape index (κ1) is 14.4. The van der Waals surface area contributed by atoms with E-state index in [9.17, 15) is 9.59 Å². The minimum atomic E-state index is -0.176. The highest BCUT2D eigenvalue weighted by atomic mass is 32.1. The molecule has 0 saturated heterocycles. The Labute approximate surface area is 128 Å². The minimum Gasteiger partial charge on any atom is -0.352 e. The predicted octanol–water partition coefficient (Wildman–Crippen LogP) is 1.59. The number of hydrogen-bond acceptors (Lipinski definition) is 5. The van der Waals surface area contributed by atoms with Crippen LogP contribution in [0.5, 0.6) is 0 Å². The first-order valence-electron chi connectivity index (χ1n) is 7.61. The molecule has 0 spiro atoms. The summed E-state index contributed by atoms with van der Waals surface area (Å²) in [5, 5.41) is 8.52. The summed E-state index contributed by atoms with van der Waals surface area (Å²) in [5.41, 5.74) is 0.345. The van der Waals surface area contributed by atoms with Gasteiger partial charge in [-0.25, -0.2) is 0 Å². The van der Waals surface area contributed by atoms with E-state index >= 15 is 0 Å². The Morgan fingerprint density at radius 1 is 1.24 bits per heavy atom. The molecule has 2 fully saturated rings. The van der Waals surface area contributed by atoms with Crippen molar-refractivity contribution in [2.24, 2.45) is 0 Å². The Balaban J connectivity index is 1.57. The fourth-order valence-corrected chi connectivity index (χ4v) is 3.26. The summed E-state index contributed by atoms with van der Waals surface area (Å²) in [4.78, 5) is 26.2. The van der Waals surface area contributed by atoms with Gasteiger partial charge in [-0.3, -0.25) is 9.59 Å². The van der Waals surface area contributed by atoms with Gasteiger partial charge >= 0.3 is 0 Å². The Hall–Kier alpha value is -1.50. The second-order valence-electron chi connectivity index (χ2n) is 5.86. The first-order chi connectivity index (χ1) is 10.2. The highest BCUT2D eigenvalue weighted by Crippen LogP contribution is 2.28. The van der Waals surface area contributed by atoms with Gasteiger partial charge in [0, 0.05) is 17.5 Å². The second-order valence-corrected chi connectivity index (χ2v) is 6.47. The Bertz CT molecular complexity index is 495. The van der Waals surface area contributed by atoms with Gasteiger partial charge < -0.3 is 10.2 Å². The third kappa shape index (κ3) is 3.78. The number of amides is 2. The Kier molecular flexibility index (Phi) is 4.48. The summed E-state index contributed by atoms with van der Waals surface area (Å²) in [6.45, 7) is 0.136. The largest absolute Gasteiger partial charge is 0.352 e. The maximum atomic E-state index is 12.4. The summed E-state index contributed by atoms with van der Waals surface area (Å²) >= 11 is 1.16. The fourth-order valence-electron chi connectivity index (χ4n) is 2.83. The summed E-state index contributed by atoms with van der Waals surface area (Å²) in [6.07, 6.45) is 7.68. The molecule has 0 atom stereocenters. The van der Waals surface area contributed by atoms with Crippen LogP contribution in [0.1, 0.15) is 55.4 Å². The summed E-state index contributed by atoms with van der Waals surface area (Å²) in [5.74, 6) is -0.226. The van der Waals surface area contributed by atoms with Crippen molar-refractivity contribution >= 4 is 23.3 Å². The van der Waals surface area contributed by atoms with Gasteiger partial charge in [-0.2, -0.15) is 0 Å². The second kappa shape index (κ2) is 6.51. The van der Waals surface area contributed by atoms with Crippen molar-refractivity contribution in [3.63, 3.8) is 0 Å². The smallest absolute Gasteiger partial charge is 0.276 e. The third-order valence-corrected chi connectivity index (χ3v) is 4.62. The summed E-state index contributed by atoms with van der Waals surface area (Å²) in [7, 11) is 0. The number of aromatic nitrogens is 2. The molecule has 2 aliphatic rings. The maximum absolute atomic E-state index is 12.4. The van der Waals surface area contributed by atoms with Crippen LogP contribution in [0.2, 0.25) is 0 Å². The molecule has 1 heterocycles. The van der Waals surface area contributed by atoms with Crippen LogP contribution >= 0.6 is 11.5 Å². The van der Waals surface area contributed by atoms with Crippen LogP contribution in [-0.2, 0) is 4.79 Å². The quantitative estimate of drug-likeness (QED) is 0.896. The third-order valence-electron chi connectivity index (χ3n) is 4.11.